The lowest BCUT2D eigenvalue weighted by molar-refractivity contribution is 0.644. The van der Waals surface area contributed by atoms with Gasteiger partial charge >= 0.3 is 0 Å². The van der Waals surface area contributed by atoms with Crippen molar-refractivity contribution in [1.29, 1.82) is 0 Å². The third kappa shape index (κ3) is 5.13. The zero-order valence-electron chi connectivity index (χ0n) is 32.7. The second kappa shape index (κ2) is 12.3. The third-order valence-electron chi connectivity index (χ3n) is 13.1. The van der Waals surface area contributed by atoms with Gasteiger partial charge < -0.3 is 4.42 Å². The molecule has 7 aromatic carbocycles. The highest BCUT2D eigenvalue weighted by Gasteiger charge is 2.36. The molecular formula is C54H46O. The van der Waals surface area contributed by atoms with Crippen molar-refractivity contribution >= 4 is 65.4 Å². The van der Waals surface area contributed by atoms with Crippen LogP contribution in [-0.2, 0) is 23.7 Å². The van der Waals surface area contributed by atoms with Crippen molar-refractivity contribution in [2.24, 2.45) is 0 Å². The van der Waals surface area contributed by atoms with E-state index in [-0.39, 0.29) is 10.8 Å². The molecule has 1 heterocycles. The maximum Gasteiger partial charge on any atom is 0.136 e. The normalized spacial score (nSPS) is 18.1. The Bertz CT molecular complexity index is 2980. The van der Waals surface area contributed by atoms with Crippen molar-refractivity contribution in [1.82, 2.24) is 0 Å². The summed E-state index contributed by atoms with van der Waals surface area (Å²) < 4.78 is 6.27. The van der Waals surface area contributed by atoms with Gasteiger partial charge in [0.25, 0.3) is 0 Å². The summed E-state index contributed by atoms with van der Waals surface area (Å²) >= 11 is 0. The van der Waals surface area contributed by atoms with Crippen LogP contribution in [0.25, 0.3) is 65.4 Å². The predicted octanol–water partition coefficient (Wildman–Crippen LogP) is 14.8. The SMILES string of the molecule is C/C(=C\C=C1/Cc2ccccc2C1(C)C)c1c2ccccc2c(/C(C)=C/C=C2\Cc3ccc4cc5oc6ccccc6c5cc4c3C2(C)C)c2ccccc12. The molecule has 1 heteroatoms. The molecule has 0 atom stereocenters. The summed E-state index contributed by atoms with van der Waals surface area (Å²) in [6.45, 7) is 14.1. The van der Waals surface area contributed by atoms with Crippen molar-refractivity contribution < 1.29 is 4.42 Å². The van der Waals surface area contributed by atoms with Crippen LogP contribution in [0.2, 0.25) is 0 Å². The second-order valence-electron chi connectivity index (χ2n) is 17.0. The summed E-state index contributed by atoms with van der Waals surface area (Å²) in [5.41, 5.74) is 15.7. The lowest BCUT2D eigenvalue weighted by atomic mass is 9.80. The molecule has 0 saturated carbocycles. The predicted molar refractivity (Wildman–Crippen MR) is 236 cm³/mol. The Morgan fingerprint density at radius 1 is 0.491 bits per heavy atom. The van der Waals surface area contributed by atoms with Crippen molar-refractivity contribution in [3.05, 3.63) is 190 Å². The van der Waals surface area contributed by atoms with Crippen LogP contribution in [0.5, 0.6) is 0 Å². The molecule has 8 aromatic rings. The summed E-state index contributed by atoms with van der Waals surface area (Å²) in [4.78, 5) is 0. The van der Waals surface area contributed by atoms with Crippen LogP contribution in [0.4, 0.5) is 0 Å². The molecule has 0 N–H and O–H groups in total. The molecule has 0 aliphatic heterocycles. The Morgan fingerprint density at radius 3 is 1.64 bits per heavy atom. The van der Waals surface area contributed by atoms with Crippen LogP contribution < -0.4 is 0 Å². The van der Waals surface area contributed by atoms with Crippen LogP contribution in [0, 0.1) is 0 Å². The summed E-state index contributed by atoms with van der Waals surface area (Å²) in [5, 5.41) is 10.1. The molecule has 10 rings (SSSR count). The van der Waals surface area contributed by atoms with E-state index in [1.54, 1.807) is 0 Å². The van der Waals surface area contributed by atoms with E-state index < -0.39 is 0 Å². The van der Waals surface area contributed by atoms with Crippen molar-refractivity contribution in [2.75, 3.05) is 0 Å². The van der Waals surface area contributed by atoms with E-state index in [0.717, 1.165) is 24.0 Å². The van der Waals surface area contributed by atoms with Gasteiger partial charge in [0.15, 0.2) is 0 Å². The van der Waals surface area contributed by atoms with Gasteiger partial charge in [-0.25, -0.2) is 0 Å². The number of rotatable bonds is 4. The average Bonchev–Trinajstić information content (AvgIpc) is 3.78. The van der Waals surface area contributed by atoms with Gasteiger partial charge in [0, 0.05) is 21.6 Å². The maximum absolute atomic E-state index is 6.27. The van der Waals surface area contributed by atoms with Crippen LogP contribution in [0.3, 0.4) is 0 Å². The topological polar surface area (TPSA) is 13.1 Å². The molecule has 2 aliphatic carbocycles. The van der Waals surface area contributed by atoms with Gasteiger partial charge in [0.05, 0.1) is 0 Å². The minimum absolute atomic E-state index is 0.0291. The molecule has 0 unspecified atom stereocenters. The fraction of sp³-hybridized carbons (Fsp3) is 0.185. The molecule has 0 radical (unpaired) electrons. The molecule has 0 saturated heterocycles. The molecule has 1 nitrogen and oxygen atoms in total. The average molecular weight is 711 g/mol. The summed E-state index contributed by atoms with van der Waals surface area (Å²) in [7, 11) is 0. The van der Waals surface area contributed by atoms with Crippen molar-refractivity contribution in [3.63, 3.8) is 0 Å². The van der Waals surface area contributed by atoms with Crippen LogP contribution in [-0.4, -0.2) is 0 Å². The Balaban J connectivity index is 1.07. The van der Waals surface area contributed by atoms with Crippen LogP contribution in [0.15, 0.2) is 161 Å². The highest BCUT2D eigenvalue weighted by atomic mass is 16.3. The molecule has 0 spiro atoms. The van der Waals surface area contributed by atoms with Gasteiger partial charge in [-0.05, 0) is 122 Å². The fourth-order valence-corrected chi connectivity index (χ4v) is 10.1. The number of allylic oxidation sites excluding steroid dienone is 8. The van der Waals surface area contributed by atoms with Gasteiger partial charge in [0.2, 0.25) is 0 Å². The van der Waals surface area contributed by atoms with Crippen molar-refractivity contribution in [3.8, 4) is 0 Å². The first-order valence-electron chi connectivity index (χ1n) is 19.8. The zero-order valence-corrected chi connectivity index (χ0v) is 32.7. The highest BCUT2D eigenvalue weighted by Crippen LogP contribution is 2.48. The largest absolute Gasteiger partial charge is 0.456 e. The maximum atomic E-state index is 6.27. The van der Waals surface area contributed by atoms with E-state index in [1.165, 1.54) is 98.8 Å². The minimum Gasteiger partial charge on any atom is -0.456 e. The standard InChI is InChI=1S/C54H46O/c1-33(23-27-38-29-36-15-7-13-21-47(36)53(38,3)4)50-41-17-8-10-19-43(41)51(44-20-11-9-18-42(44)50)34(2)24-28-39-30-37-26-25-35-31-49-46(32-45(35)52(37)54(39,5)6)40-16-12-14-22-48(40)55-49/h7-28,31-32H,29-30H2,1-6H3/b33-23+,34-24+,38-27+,39-28+. The molecule has 0 fully saturated rings. The Hall–Kier alpha value is -5.92. The summed E-state index contributed by atoms with van der Waals surface area (Å²) in [6, 6.07) is 44.6. The minimum atomic E-state index is -0.113. The first-order valence-corrected chi connectivity index (χ1v) is 19.8. The monoisotopic (exact) mass is 710 g/mol. The molecule has 268 valence electrons. The first-order chi connectivity index (χ1) is 26.6. The van der Waals surface area contributed by atoms with Gasteiger partial charge in [-0.2, -0.15) is 0 Å². The van der Waals surface area contributed by atoms with Gasteiger partial charge in [-0.15, -0.1) is 0 Å². The second-order valence-corrected chi connectivity index (χ2v) is 17.0. The first kappa shape index (κ1) is 33.6. The van der Waals surface area contributed by atoms with E-state index in [2.05, 4.69) is 181 Å². The van der Waals surface area contributed by atoms with Crippen LogP contribution >= 0.6 is 0 Å². The molecule has 2 aliphatic rings. The molecule has 1 aromatic heterocycles. The molecule has 55 heavy (non-hydrogen) atoms. The lowest BCUT2D eigenvalue weighted by Crippen LogP contribution is -2.15. The van der Waals surface area contributed by atoms with Gasteiger partial charge in [0.1, 0.15) is 11.2 Å². The van der Waals surface area contributed by atoms with E-state index in [9.17, 15) is 0 Å². The Morgan fingerprint density at radius 2 is 1.02 bits per heavy atom. The van der Waals surface area contributed by atoms with E-state index in [0.29, 0.717) is 0 Å². The Labute approximate surface area is 324 Å². The molecular weight excluding hydrogens is 665 g/mol. The number of hydrogen-bond donors (Lipinski definition) is 0. The lowest BCUT2D eigenvalue weighted by Gasteiger charge is -2.24. The van der Waals surface area contributed by atoms with Crippen molar-refractivity contribution in [2.45, 2.75) is 65.2 Å². The zero-order chi connectivity index (χ0) is 37.6. The van der Waals surface area contributed by atoms with Crippen LogP contribution in [0.1, 0.15) is 74.9 Å². The third-order valence-corrected chi connectivity index (χ3v) is 13.1. The fourth-order valence-electron chi connectivity index (χ4n) is 10.1. The highest BCUT2D eigenvalue weighted by molar-refractivity contribution is 6.16. The molecule has 0 bridgehead atoms. The summed E-state index contributed by atoms with van der Waals surface area (Å²) in [5.74, 6) is 0. The number of fused-ring (bicyclic) bond motifs is 9. The number of hydrogen-bond acceptors (Lipinski definition) is 1. The van der Waals surface area contributed by atoms with E-state index in [4.69, 9.17) is 4.42 Å². The number of furan rings is 1. The summed E-state index contributed by atoms with van der Waals surface area (Å²) in [6.07, 6.45) is 11.5. The number of benzene rings is 7. The van der Waals surface area contributed by atoms with Gasteiger partial charge in [-0.1, -0.05) is 166 Å². The van der Waals surface area contributed by atoms with E-state index in [1.807, 2.05) is 6.07 Å². The smallest absolute Gasteiger partial charge is 0.136 e. The molecule has 0 amide bonds. The number of para-hydroxylation sites is 1. The quantitative estimate of drug-likeness (QED) is 0.166. The van der Waals surface area contributed by atoms with Gasteiger partial charge in [-0.3, -0.25) is 0 Å². The Kier molecular flexibility index (Phi) is 7.52. The van der Waals surface area contributed by atoms with E-state index >= 15 is 0 Å².